The highest BCUT2D eigenvalue weighted by Crippen LogP contribution is 2.30. The van der Waals surface area contributed by atoms with E-state index in [9.17, 15) is 17.6 Å². The van der Waals surface area contributed by atoms with Gasteiger partial charge in [-0.15, -0.1) is 0 Å². The molecular formula is C16H10ClFN2O3S. The summed E-state index contributed by atoms with van der Waals surface area (Å²) in [5.41, 5.74) is 0.168. The van der Waals surface area contributed by atoms with Crippen molar-refractivity contribution in [1.29, 1.82) is 0 Å². The molecule has 0 atom stereocenters. The maximum absolute atomic E-state index is 14.1. The molecule has 0 aliphatic rings. The van der Waals surface area contributed by atoms with Gasteiger partial charge in [-0.3, -0.25) is 9.78 Å². The molecule has 0 bridgehead atoms. The number of hydrogen-bond donors (Lipinski definition) is 0. The van der Waals surface area contributed by atoms with E-state index in [0.717, 1.165) is 16.4 Å². The molecule has 0 amide bonds. The fraction of sp³-hybridized carbons (Fsp3) is 0. The molecule has 5 nitrogen and oxygen atoms in total. The Morgan fingerprint density at radius 1 is 1.21 bits per heavy atom. The minimum absolute atomic E-state index is 0.0224. The van der Waals surface area contributed by atoms with E-state index in [2.05, 4.69) is 4.98 Å². The largest absolute Gasteiger partial charge is 0.298 e. The predicted octanol–water partition coefficient (Wildman–Crippen LogP) is 3.39. The number of benzene rings is 1. The van der Waals surface area contributed by atoms with Crippen LogP contribution in [0.1, 0.15) is 10.4 Å². The molecule has 8 heteroatoms. The number of rotatable bonds is 4. The van der Waals surface area contributed by atoms with Gasteiger partial charge in [-0.1, -0.05) is 23.7 Å². The highest BCUT2D eigenvalue weighted by atomic mass is 35.5. The lowest BCUT2D eigenvalue weighted by atomic mass is 10.1. The van der Waals surface area contributed by atoms with E-state index in [0.29, 0.717) is 6.29 Å². The van der Waals surface area contributed by atoms with Crippen LogP contribution in [-0.2, 0) is 10.0 Å². The molecule has 2 aromatic heterocycles. The van der Waals surface area contributed by atoms with Crippen LogP contribution in [0, 0.1) is 5.82 Å². The molecule has 24 heavy (non-hydrogen) atoms. The quantitative estimate of drug-likeness (QED) is 0.665. The Morgan fingerprint density at radius 3 is 2.62 bits per heavy atom. The van der Waals surface area contributed by atoms with Crippen molar-refractivity contribution in [2.45, 2.75) is 4.90 Å². The van der Waals surface area contributed by atoms with Crippen LogP contribution in [0.4, 0.5) is 4.39 Å². The van der Waals surface area contributed by atoms with Gasteiger partial charge in [0.05, 0.1) is 10.7 Å². The Morgan fingerprint density at radius 2 is 1.96 bits per heavy atom. The van der Waals surface area contributed by atoms with Crippen molar-refractivity contribution < 1.29 is 17.6 Å². The Bertz CT molecular complexity index is 1030. The van der Waals surface area contributed by atoms with Gasteiger partial charge < -0.3 is 0 Å². The summed E-state index contributed by atoms with van der Waals surface area (Å²) >= 11 is 5.95. The topological polar surface area (TPSA) is 69.0 Å². The van der Waals surface area contributed by atoms with Crippen LogP contribution >= 0.6 is 11.6 Å². The first-order valence-corrected chi connectivity index (χ1v) is 8.54. The van der Waals surface area contributed by atoms with Gasteiger partial charge in [-0.25, -0.2) is 16.8 Å². The third kappa shape index (κ3) is 2.72. The molecular weight excluding hydrogens is 355 g/mol. The molecule has 0 saturated heterocycles. The lowest BCUT2D eigenvalue weighted by molar-refractivity contribution is 0.112. The molecule has 0 radical (unpaired) electrons. The standard InChI is InChI=1S/C16H10ClFN2O3S/c17-13-5-6-19-8-16(13)24(22,23)20-9-11(10-21)7-15(20)12-3-1-2-4-14(12)18/h1-10H. The zero-order chi connectivity index (χ0) is 17.3. The molecule has 0 fully saturated rings. The average molecular weight is 365 g/mol. The SMILES string of the molecule is O=Cc1cc(-c2ccccc2F)n(S(=O)(=O)c2cnccc2Cl)c1. The Hall–Kier alpha value is -2.51. The Balaban J connectivity index is 2.29. The number of pyridine rings is 1. The van der Waals surface area contributed by atoms with E-state index >= 15 is 0 Å². The Labute approximate surface area is 142 Å². The summed E-state index contributed by atoms with van der Waals surface area (Å²) < 4.78 is 40.7. The summed E-state index contributed by atoms with van der Waals surface area (Å²) in [7, 11) is -4.16. The fourth-order valence-electron chi connectivity index (χ4n) is 2.25. The minimum Gasteiger partial charge on any atom is -0.298 e. The number of aldehydes is 1. The number of hydrogen-bond acceptors (Lipinski definition) is 4. The van der Waals surface area contributed by atoms with Crippen LogP contribution in [0.5, 0.6) is 0 Å². The first-order valence-electron chi connectivity index (χ1n) is 6.72. The second kappa shape index (κ2) is 6.18. The van der Waals surface area contributed by atoms with Crippen LogP contribution in [-0.4, -0.2) is 23.7 Å². The van der Waals surface area contributed by atoms with Crippen molar-refractivity contribution in [2.75, 3.05) is 0 Å². The third-order valence-electron chi connectivity index (χ3n) is 3.36. The zero-order valence-corrected chi connectivity index (χ0v) is 13.6. The first kappa shape index (κ1) is 16.4. The van der Waals surface area contributed by atoms with Crippen LogP contribution < -0.4 is 0 Å². The van der Waals surface area contributed by atoms with E-state index in [1.165, 1.54) is 36.5 Å². The number of carbonyl (C=O) groups excluding carboxylic acids is 1. The van der Waals surface area contributed by atoms with Gasteiger partial charge in [0, 0.05) is 29.7 Å². The van der Waals surface area contributed by atoms with Gasteiger partial charge in [0.15, 0.2) is 6.29 Å². The highest BCUT2D eigenvalue weighted by Gasteiger charge is 2.25. The Kier molecular flexibility index (Phi) is 4.21. The van der Waals surface area contributed by atoms with Gasteiger partial charge in [0.25, 0.3) is 10.0 Å². The van der Waals surface area contributed by atoms with Crippen molar-refractivity contribution in [3.05, 3.63) is 71.4 Å². The molecule has 1 aromatic carbocycles. The lowest BCUT2D eigenvalue weighted by Crippen LogP contribution is -2.14. The summed E-state index contributed by atoms with van der Waals surface area (Å²) in [6, 6.07) is 8.32. The second-order valence-corrected chi connectivity index (χ2v) is 7.05. The molecule has 2 heterocycles. The fourth-order valence-corrected chi connectivity index (χ4v) is 4.04. The predicted molar refractivity (Wildman–Crippen MR) is 87.0 cm³/mol. The van der Waals surface area contributed by atoms with Crippen molar-refractivity contribution in [2.24, 2.45) is 0 Å². The van der Waals surface area contributed by atoms with Crippen molar-refractivity contribution in [3.8, 4) is 11.3 Å². The smallest absolute Gasteiger partial charge is 0.271 e. The molecule has 3 aromatic rings. The summed E-state index contributed by atoms with van der Waals surface area (Å²) in [5, 5.41) is -0.0224. The molecule has 3 rings (SSSR count). The monoisotopic (exact) mass is 364 g/mol. The molecule has 0 unspecified atom stereocenters. The minimum atomic E-state index is -4.16. The highest BCUT2D eigenvalue weighted by molar-refractivity contribution is 7.90. The maximum Gasteiger partial charge on any atom is 0.271 e. The van der Waals surface area contributed by atoms with Gasteiger partial charge in [-0.2, -0.15) is 0 Å². The third-order valence-corrected chi connectivity index (χ3v) is 5.51. The van der Waals surface area contributed by atoms with E-state index < -0.39 is 15.8 Å². The van der Waals surface area contributed by atoms with Crippen LogP contribution in [0.15, 0.2) is 59.9 Å². The number of halogens is 2. The van der Waals surface area contributed by atoms with Gasteiger partial charge in [0.1, 0.15) is 10.7 Å². The van der Waals surface area contributed by atoms with Gasteiger partial charge in [0.2, 0.25) is 0 Å². The summed E-state index contributed by atoms with van der Waals surface area (Å²) in [4.78, 5) is 14.6. The summed E-state index contributed by atoms with van der Waals surface area (Å²) in [6.45, 7) is 0. The number of aromatic nitrogens is 2. The van der Waals surface area contributed by atoms with Crippen LogP contribution in [0.3, 0.4) is 0 Å². The van der Waals surface area contributed by atoms with Crippen molar-refractivity contribution in [3.63, 3.8) is 0 Å². The molecule has 0 N–H and O–H groups in total. The first-order chi connectivity index (χ1) is 11.4. The number of nitrogens with zero attached hydrogens (tertiary/aromatic N) is 2. The van der Waals surface area contributed by atoms with Crippen molar-refractivity contribution >= 4 is 27.9 Å². The average Bonchev–Trinajstić information content (AvgIpc) is 3.00. The zero-order valence-electron chi connectivity index (χ0n) is 12.1. The van der Waals surface area contributed by atoms with E-state index in [1.807, 2.05) is 0 Å². The van der Waals surface area contributed by atoms with E-state index in [4.69, 9.17) is 11.6 Å². The number of carbonyl (C=O) groups is 1. The molecule has 0 aliphatic heterocycles. The molecule has 0 saturated carbocycles. The van der Waals surface area contributed by atoms with Gasteiger partial charge >= 0.3 is 0 Å². The molecule has 0 aliphatic carbocycles. The molecule has 122 valence electrons. The van der Waals surface area contributed by atoms with Crippen LogP contribution in [0.25, 0.3) is 11.3 Å². The second-order valence-electron chi connectivity index (χ2n) is 4.86. The van der Waals surface area contributed by atoms with Gasteiger partial charge in [-0.05, 0) is 24.3 Å². The molecule has 0 spiro atoms. The summed E-state index contributed by atoms with van der Waals surface area (Å²) in [6.07, 6.45) is 4.06. The van der Waals surface area contributed by atoms with E-state index in [1.54, 1.807) is 6.07 Å². The van der Waals surface area contributed by atoms with Crippen molar-refractivity contribution in [1.82, 2.24) is 8.96 Å². The maximum atomic E-state index is 14.1. The van der Waals surface area contributed by atoms with Crippen LogP contribution in [0.2, 0.25) is 5.02 Å². The summed E-state index contributed by atoms with van der Waals surface area (Å²) in [5.74, 6) is -0.609. The lowest BCUT2D eigenvalue weighted by Gasteiger charge is -2.11. The normalized spacial score (nSPS) is 11.4. The van der Waals surface area contributed by atoms with E-state index in [-0.39, 0.29) is 26.7 Å².